The van der Waals surface area contributed by atoms with Crippen LogP contribution in [0.25, 0.3) is 0 Å². The molecule has 4 atom stereocenters. The van der Waals surface area contributed by atoms with Gasteiger partial charge in [0.05, 0.1) is 25.0 Å². The molecule has 0 aromatic rings. The van der Waals surface area contributed by atoms with Crippen LogP contribution in [0.3, 0.4) is 0 Å². The van der Waals surface area contributed by atoms with E-state index < -0.39 is 0 Å². The van der Waals surface area contributed by atoms with Crippen molar-refractivity contribution in [2.75, 3.05) is 19.8 Å². The van der Waals surface area contributed by atoms with Gasteiger partial charge < -0.3 is 14.6 Å². The zero-order chi connectivity index (χ0) is 41.7. The largest absolute Gasteiger partial charge is 0.465 e. The highest BCUT2D eigenvalue weighted by Gasteiger charge is 2.21. The van der Waals surface area contributed by atoms with Gasteiger partial charge in [-0.05, 0) is 69.6 Å². The second-order valence-corrected chi connectivity index (χ2v) is 17.5. The number of aliphatic hydroxyl groups excluding tert-OH is 1. The molecule has 0 aliphatic heterocycles. The number of carbonyl (C=O) groups excluding carboxylic acids is 2. The van der Waals surface area contributed by atoms with E-state index in [0.717, 1.165) is 95.8 Å². The Morgan fingerprint density at radius 1 is 0.375 bits per heavy atom. The Hall–Kier alpha value is -1.10. The van der Waals surface area contributed by atoms with Gasteiger partial charge in [0, 0.05) is 6.61 Å². The van der Waals surface area contributed by atoms with Gasteiger partial charge in [0.15, 0.2) is 0 Å². The predicted molar refractivity (Wildman–Crippen MR) is 244 cm³/mol. The summed E-state index contributed by atoms with van der Waals surface area (Å²) in [7, 11) is 0. The lowest BCUT2D eigenvalue weighted by Gasteiger charge is -2.24. The van der Waals surface area contributed by atoms with E-state index in [-0.39, 0.29) is 23.8 Å². The van der Waals surface area contributed by atoms with Gasteiger partial charge >= 0.3 is 11.9 Å². The molecular formula is C51H102O5. The van der Waals surface area contributed by atoms with Crippen LogP contribution in [0.1, 0.15) is 273 Å². The van der Waals surface area contributed by atoms with E-state index in [1.54, 1.807) is 0 Å². The normalized spacial score (nSPS) is 13.4. The number of esters is 2. The lowest BCUT2D eigenvalue weighted by atomic mass is 9.83. The van der Waals surface area contributed by atoms with Crippen molar-refractivity contribution in [1.29, 1.82) is 0 Å². The lowest BCUT2D eigenvalue weighted by molar-refractivity contribution is -0.150. The SMILES string of the molecule is CCCCCCCCC(CCCCCC)C(=O)OCCCCC(C)C(CCC)CCCCOC(=O)C(CCCCCC)CCCCCCCC.CCCCCO. The molecule has 0 saturated heterocycles. The minimum atomic E-state index is 0.0675. The van der Waals surface area contributed by atoms with Gasteiger partial charge in [0.1, 0.15) is 0 Å². The average Bonchev–Trinajstić information content (AvgIpc) is 3.20. The van der Waals surface area contributed by atoms with E-state index in [0.29, 0.717) is 25.7 Å². The molecule has 0 saturated carbocycles. The first-order valence-electron chi connectivity index (χ1n) is 25.3. The third-order valence-electron chi connectivity index (χ3n) is 12.0. The summed E-state index contributed by atoms with van der Waals surface area (Å²) in [6, 6.07) is 0. The quantitative estimate of drug-likeness (QED) is 0.0492. The van der Waals surface area contributed by atoms with Crippen LogP contribution in [0.5, 0.6) is 0 Å². The Bertz CT molecular complexity index is 780. The highest BCUT2D eigenvalue weighted by molar-refractivity contribution is 5.72. The van der Waals surface area contributed by atoms with Gasteiger partial charge in [-0.1, -0.05) is 215 Å². The summed E-state index contributed by atoms with van der Waals surface area (Å²) in [5.74, 6) is 1.74. The lowest BCUT2D eigenvalue weighted by Crippen LogP contribution is -2.19. The molecule has 0 fully saturated rings. The number of aliphatic hydroxyl groups is 1. The third kappa shape index (κ3) is 38.4. The fourth-order valence-electron chi connectivity index (χ4n) is 8.08. The molecule has 0 radical (unpaired) electrons. The Labute approximate surface area is 351 Å². The molecule has 0 aromatic heterocycles. The monoisotopic (exact) mass is 795 g/mol. The standard InChI is InChI=1S/C46H90O4.C5H12O/c1-7-12-16-20-22-26-37-43(35-24-18-14-9-3)45(47)49-39-30-28-33-41(6)42(32-11-5)34-29-31-40-50-46(48)44(36-25-19-15-10-4)38-27-23-21-17-13-8-2;1-2-3-4-5-6/h41-44H,7-40H2,1-6H3;6H,2-5H2,1H3. The van der Waals surface area contributed by atoms with Crippen molar-refractivity contribution in [2.24, 2.45) is 23.7 Å². The molecule has 0 amide bonds. The van der Waals surface area contributed by atoms with Gasteiger partial charge in [-0.15, -0.1) is 0 Å². The van der Waals surface area contributed by atoms with Gasteiger partial charge in [-0.2, -0.15) is 0 Å². The van der Waals surface area contributed by atoms with Crippen LogP contribution in [-0.2, 0) is 19.1 Å². The van der Waals surface area contributed by atoms with Crippen LogP contribution in [0.15, 0.2) is 0 Å². The summed E-state index contributed by atoms with van der Waals surface area (Å²) < 4.78 is 11.7. The summed E-state index contributed by atoms with van der Waals surface area (Å²) in [5, 5.41) is 8.20. The van der Waals surface area contributed by atoms with E-state index in [1.165, 1.54) is 135 Å². The number of ether oxygens (including phenoxy) is 2. The van der Waals surface area contributed by atoms with E-state index in [4.69, 9.17) is 14.6 Å². The van der Waals surface area contributed by atoms with Gasteiger partial charge in [0.25, 0.3) is 0 Å². The summed E-state index contributed by atoms with van der Waals surface area (Å²) in [4.78, 5) is 26.1. The van der Waals surface area contributed by atoms with Crippen LogP contribution in [0.4, 0.5) is 0 Å². The average molecular weight is 795 g/mol. The molecule has 5 nitrogen and oxygen atoms in total. The molecule has 56 heavy (non-hydrogen) atoms. The molecule has 0 rings (SSSR count). The van der Waals surface area contributed by atoms with Crippen molar-refractivity contribution in [3.63, 3.8) is 0 Å². The summed E-state index contributed by atoms with van der Waals surface area (Å²) in [6.45, 7) is 17.4. The van der Waals surface area contributed by atoms with E-state index >= 15 is 0 Å². The number of carbonyl (C=O) groups is 2. The minimum absolute atomic E-state index is 0.0675. The Kier molecular flexibility index (Phi) is 47.4. The molecule has 0 aromatic carbocycles. The van der Waals surface area contributed by atoms with Crippen LogP contribution < -0.4 is 0 Å². The Morgan fingerprint density at radius 3 is 1.05 bits per heavy atom. The fourth-order valence-corrected chi connectivity index (χ4v) is 8.08. The van der Waals surface area contributed by atoms with Crippen molar-refractivity contribution >= 4 is 11.9 Å². The van der Waals surface area contributed by atoms with Crippen molar-refractivity contribution in [3.05, 3.63) is 0 Å². The molecule has 0 bridgehead atoms. The maximum atomic E-state index is 13.0. The highest BCUT2D eigenvalue weighted by Crippen LogP contribution is 2.28. The van der Waals surface area contributed by atoms with Crippen molar-refractivity contribution in [2.45, 2.75) is 273 Å². The first kappa shape index (κ1) is 57.0. The number of unbranched alkanes of at least 4 members (excludes halogenated alkanes) is 20. The van der Waals surface area contributed by atoms with Crippen LogP contribution in [0, 0.1) is 23.7 Å². The molecule has 1 N–H and O–H groups in total. The number of rotatable bonds is 42. The van der Waals surface area contributed by atoms with E-state index in [2.05, 4.69) is 48.5 Å². The zero-order valence-electron chi connectivity index (χ0n) is 39.3. The summed E-state index contributed by atoms with van der Waals surface area (Å²) in [5.41, 5.74) is 0. The fraction of sp³-hybridized carbons (Fsp3) is 0.961. The minimum Gasteiger partial charge on any atom is -0.465 e. The van der Waals surface area contributed by atoms with Crippen molar-refractivity contribution < 1.29 is 24.2 Å². The predicted octanol–water partition coefficient (Wildman–Crippen LogP) is 16.3. The van der Waals surface area contributed by atoms with E-state index in [1.807, 2.05) is 0 Å². The van der Waals surface area contributed by atoms with Crippen LogP contribution in [-0.4, -0.2) is 36.9 Å². The molecular weight excluding hydrogens is 693 g/mol. The topological polar surface area (TPSA) is 72.8 Å². The van der Waals surface area contributed by atoms with Gasteiger partial charge in [0.2, 0.25) is 0 Å². The Morgan fingerprint density at radius 2 is 0.696 bits per heavy atom. The van der Waals surface area contributed by atoms with Crippen LogP contribution in [0.2, 0.25) is 0 Å². The maximum Gasteiger partial charge on any atom is 0.308 e. The highest BCUT2D eigenvalue weighted by atomic mass is 16.5. The second kappa shape index (κ2) is 46.6. The maximum absolute atomic E-state index is 13.0. The second-order valence-electron chi connectivity index (χ2n) is 17.5. The van der Waals surface area contributed by atoms with Crippen molar-refractivity contribution in [3.8, 4) is 0 Å². The van der Waals surface area contributed by atoms with Gasteiger partial charge in [-0.25, -0.2) is 0 Å². The van der Waals surface area contributed by atoms with Crippen LogP contribution >= 0.6 is 0 Å². The Balaban J connectivity index is 0. The molecule has 5 heteroatoms. The molecule has 0 aliphatic rings. The molecule has 0 heterocycles. The van der Waals surface area contributed by atoms with Gasteiger partial charge in [-0.3, -0.25) is 9.59 Å². The number of hydrogen-bond acceptors (Lipinski definition) is 5. The molecule has 0 spiro atoms. The van der Waals surface area contributed by atoms with Crippen molar-refractivity contribution in [1.82, 2.24) is 0 Å². The zero-order valence-corrected chi connectivity index (χ0v) is 39.3. The first-order valence-corrected chi connectivity index (χ1v) is 25.3. The van der Waals surface area contributed by atoms with E-state index in [9.17, 15) is 9.59 Å². The molecule has 0 aliphatic carbocycles. The smallest absolute Gasteiger partial charge is 0.308 e. The molecule has 4 unspecified atom stereocenters. The summed E-state index contributed by atoms with van der Waals surface area (Å²) in [6.07, 6.45) is 41.5. The summed E-state index contributed by atoms with van der Waals surface area (Å²) >= 11 is 0. The first-order chi connectivity index (χ1) is 27.4. The number of hydrogen-bond donors (Lipinski definition) is 1. The third-order valence-corrected chi connectivity index (χ3v) is 12.0. The molecule has 336 valence electrons.